The Kier molecular flexibility index (Phi) is 5.85. The average molecular weight is 486 g/mol. The number of benzene rings is 2. The number of fused-ring (bicyclic) bond motifs is 1. The molecular formula is C26H20BrN3O2. The second-order valence-corrected chi connectivity index (χ2v) is 8.07. The molecule has 0 atom stereocenters. The monoisotopic (exact) mass is 485 g/mol. The van der Waals surface area contributed by atoms with Gasteiger partial charge in [-0.1, -0.05) is 66.7 Å². The number of rotatable bonds is 7. The fourth-order valence-electron chi connectivity index (χ4n) is 3.46. The van der Waals surface area contributed by atoms with E-state index in [1.165, 1.54) is 0 Å². The van der Waals surface area contributed by atoms with Crippen LogP contribution in [0.2, 0.25) is 0 Å². The summed E-state index contributed by atoms with van der Waals surface area (Å²) in [5, 5.41) is 4.51. The van der Waals surface area contributed by atoms with E-state index >= 15 is 0 Å². The van der Waals surface area contributed by atoms with E-state index in [1.807, 2.05) is 102 Å². The summed E-state index contributed by atoms with van der Waals surface area (Å²) < 4.78 is 14.8. The summed E-state index contributed by atoms with van der Waals surface area (Å²) >= 11 is 3.55. The molecule has 0 saturated carbocycles. The minimum absolute atomic E-state index is 0.409. The Morgan fingerprint density at radius 1 is 0.688 bits per heavy atom. The van der Waals surface area contributed by atoms with Gasteiger partial charge in [0.05, 0.1) is 11.7 Å². The fraction of sp³-hybridized carbons (Fsp3) is 0.0769. The van der Waals surface area contributed by atoms with Crippen LogP contribution in [0.15, 0.2) is 102 Å². The molecule has 0 aliphatic heterocycles. The first-order valence-electron chi connectivity index (χ1n) is 10.2. The van der Waals surface area contributed by atoms with Crippen molar-refractivity contribution in [2.75, 3.05) is 0 Å². The molecule has 5 aromatic rings. The normalized spacial score (nSPS) is 10.9. The zero-order valence-corrected chi connectivity index (χ0v) is 18.8. The Morgan fingerprint density at radius 2 is 1.38 bits per heavy atom. The van der Waals surface area contributed by atoms with E-state index < -0.39 is 0 Å². The van der Waals surface area contributed by atoms with Gasteiger partial charge in [0, 0.05) is 17.2 Å². The topological polar surface area (TPSA) is 48.7 Å². The molecule has 0 fully saturated rings. The quantitative estimate of drug-likeness (QED) is 0.253. The Hall–Kier alpha value is -3.64. The maximum atomic E-state index is 6.18. The highest BCUT2D eigenvalue weighted by atomic mass is 79.9. The van der Waals surface area contributed by atoms with E-state index in [0.717, 1.165) is 32.4 Å². The number of ether oxygens (including phenoxy) is 2. The van der Waals surface area contributed by atoms with Crippen LogP contribution in [0.25, 0.3) is 16.6 Å². The number of hydrogen-bond donors (Lipinski definition) is 0. The first-order chi connectivity index (χ1) is 15.8. The number of hydrogen-bond acceptors (Lipinski definition) is 4. The van der Waals surface area contributed by atoms with Crippen LogP contribution in [0.3, 0.4) is 0 Å². The molecule has 0 aliphatic carbocycles. The highest BCUT2D eigenvalue weighted by molar-refractivity contribution is 9.10. The van der Waals surface area contributed by atoms with Crippen molar-refractivity contribution < 1.29 is 9.47 Å². The third-order valence-corrected chi connectivity index (χ3v) is 5.67. The van der Waals surface area contributed by atoms with Gasteiger partial charge in [0.2, 0.25) is 11.8 Å². The van der Waals surface area contributed by atoms with Gasteiger partial charge in [0.25, 0.3) is 0 Å². The Morgan fingerprint density at radius 3 is 2.09 bits per heavy atom. The van der Waals surface area contributed by atoms with Crippen molar-refractivity contribution >= 4 is 21.4 Å². The van der Waals surface area contributed by atoms with Gasteiger partial charge >= 0.3 is 0 Å². The molecule has 0 aliphatic rings. The van der Waals surface area contributed by atoms with Gasteiger partial charge in [-0.25, -0.2) is 4.52 Å². The van der Waals surface area contributed by atoms with Gasteiger partial charge in [-0.15, -0.1) is 0 Å². The molecule has 2 aromatic carbocycles. The highest BCUT2D eigenvalue weighted by Crippen LogP contribution is 2.34. The smallest absolute Gasteiger partial charge is 0.225 e. The van der Waals surface area contributed by atoms with Gasteiger partial charge < -0.3 is 9.47 Å². The fourth-order valence-corrected chi connectivity index (χ4v) is 3.90. The van der Waals surface area contributed by atoms with Crippen LogP contribution in [-0.4, -0.2) is 14.6 Å². The minimum Gasteiger partial charge on any atom is -0.473 e. The predicted molar refractivity (Wildman–Crippen MR) is 128 cm³/mol. The van der Waals surface area contributed by atoms with E-state index in [4.69, 9.17) is 14.5 Å². The maximum Gasteiger partial charge on any atom is 0.225 e. The Balaban J connectivity index is 1.49. The average Bonchev–Trinajstić information content (AvgIpc) is 3.28. The maximum absolute atomic E-state index is 6.18. The largest absolute Gasteiger partial charge is 0.473 e. The number of pyridine rings is 2. The zero-order chi connectivity index (χ0) is 21.8. The first kappa shape index (κ1) is 20.3. The van der Waals surface area contributed by atoms with Crippen LogP contribution in [-0.2, 0) is 13.2 Å². The summed E-state index contributed by atoms with van der Waals surface area (Å²) in [5.74, 6) is 1.02. The summed E-state index contributed by atoms with van der Waals surface area (Å²) in [6.45, 7) is 0.848. The summed E-state index contributed by atoms with van der Waals surface area (Å²) in [6, 6.07) is 29.9. The molecule has 0 spiro atoms. The van der Waals surface area contributed by atoms with Crippen molar-refractivity contribution in [3.63, 3.8) is 0 Å². The van der Waals surface area contributed by atoms with Crippen LogP contribution in [0.5, 0.6) is 11.8 Å². The molecule has 0 bridgehead atoms. The van der Waals surface area contributed by atoms with Gasteiger partial charge in [-0.3, -0.25) is 0 Å². The predicted octanol–water partition coefficient (Wildman–Crippen LogP) is 6.32. The molecule has 3 aromatic heterocycles. The molecule has 0 amide bonds. The van der Waals surface area contributed by atoms with Crippen molar-refractivity contribution in [1.82, 2.24) is 14.6 Å². The van der Waals surface area contributed by atoms with Crippen molar-refractivity contribution in [2.45, 2.75) is 13.2 Å². The third kappa shape index (κ3) is 4.36. The lowest BCUT2D eigenvalue weighted by Crippen LogP contribution is -2.02. The molecule has 5 nitrogen and oxygen atoms in total. The van der Waals surface area contributed by atoms with Crippen molar-refractivity contribution in [3.05, 3.63) is 113 Å². The van der Waals surface area contributed by atoms with Gasteiger partial charge in [0.1, 0.15) is 17.8 Å². The van der Waals surface area contributed by atoms with Crippen LogP contribution >= 0.6 is 15.9 Å². The summed E-state index contributed by atoms with van der Waals surface area (Å²) in [6.07, 6.45) is 1.83. The van der Waals surface area contributed by atoms with E-state index in [9.17, 15) is 0 Å². The van der Waals surface area contributed by atoms with E-state index in [-0.39, 0.29) is 0 Å². The second-order valence-electron chi connectivity index (χ2n) is 7.25. The SMILES string of the molecule is Brc1cccc2c(-c3ccc(OCc4ccccc4)nc3OCc3ccccc3)cnn12. The molecule has 3 heterocycles. The number of halogens is 1. The molecule has 32 heavy (non-hydrogen) atoms. The van der Waals surface area contributed by atoms with E-state index in [1.54, 1.807) is 0 Å². The number of nitrogens with zero attached hydrogens (tertiary/aromatic N) is 3. The van der Waals surface area contributed by atoms with E-state index in [0.29, 0.717) is 25.0 Å². The van der Waals surface area contributed by atoms with Crippen LogP contribution in [0, 0.1) is 0 Å². The summed E-state index contributed by atoms with van der Waals surface area (Å²) in [5.41, 5.74) is 4.91. The third-order valence-electron chi connectivity index (χ3n) is 5.07. The Labute approximate surface area is 194 Å². The lowest BCUT2D eigenvalue weighted by Gasteiger charge is -2.13. The van der Waals surface area contributed by atoms with Crippen LogP contribution in [0.1, 0.15) is 11.1 Å². The molecule has 0 saturated heterocycles. The summed E-state index contributed by atoms with van der Waals surface area (Å²) in [4.78, 5) is 4.69. The van der Waals surface area contributed by atoms with Gasteiger partial charge in [-0.05, 0) is 45.3 Å². The molecule has 0 unspecified atom stereocenters. The molecule has 0 radical (unpaired) electrons. The molecule has 6 heteroatoms. The highest BCUT2D eigenvalue weighted by Gasteiger charge is 2.16. The van der Waals surface area contributed by atoms with Crippen LogP contribution in [0.4, 0.5) is 0 Å². The Bertz CT molecular complexity index is 1340. The number of aromatic nitrogens is 3. The van der Waals surface area contributed by atoms with E-state index in [2.05, 4.69) is 21.0 Å². The second kappa shape index (κ2) is 9.24. The van der Waals surface area contributed by atoms with Crippen LogP contribution < -0.4 is 9.47 Å². The zero-order valence-electron chi connectivity index (χ0n) is 17.2. The van der Waals surface area contributed by atoms with Crippen molar-refractivity contribution in [3.8, 4) is 22.9 Å². The molecular weight excluding hydrogens is 466 g/mol. The minimum atomic E-state index is 0.409. The van der Waals surface area contributed by atoms with Crippen molar-refractivity contribution in [1.29, 1.82) is 0 Å². The summed E-state index contributed by atoms with van der Waals surface area (Å²) in [7, 11) is 0. The first-order valence-corrected chi connectivity index (χ1v) is 11.0. The lowest BCUT2D eigenvalue weighted by molar-refractivity contribution is 0.268. The lowest BCUT2D eigenvalue weighted by atomic mass is 10.1. The molecule has 0 N–H and O–H groups in total. The van der Waals surface area contributed by atoms with Gasteiger partial charge in [-0.2, -0.15) is 10.1 Å². The standard InChI is InChI=1S/C26H20BrN3O2/c27-24-13-7-12-23-22(16-28-30(23)24)21-14-15-25(31-17-19-8-3-1-4-9-19)29-26(21)32-18-20-10-5-2-6-11-20/h1-16H,17-18H2. The van der Waals surface area contributed by atoms with Crippen molar-refractivity contribution in [2.24, 2.45) is 0 Å². The molecule has 5 rings (SSSR count). The van der Waals surface area contributed by atoms with Gasteiger partial charge in [0.15, 0.2) is 0 Å². The molecule has 158 valence electrons.